The Morgan fingerprint density at radius 3 is 2.89 bits per heavy atom. The first-order chi connectivity index (χ1) is 9.20. The fraction of sp³-hybridized carbons (Fsp3) is 0.538. The van der Waals surface area contributed by atoms with Crippen LogP contribution in [0.5, 0.6) is 11.5 Å². The summed E-state index contributed by atoms with van der Waals surface area (Å²) in [7, 11) is -0.0475. The van der Waals surface area contributed by atoms with Crippen LogP contribution in [0.4, 0.5) is 0 Å². The molecule has 5 nitrogen and oxygen atoms in total. The van der Waals surface area contributed by atoms with Gasteiger partial charge in [0.15, 0.2) is 0 Å². The Hall–Kier alpha value is -1.24. The van der Waals surface area contributed by atoms with Crippen LogP contribution in [0.15, 0.2) is 18.2 Å². The molecule has 19 heavy (non-hydrogen) atoms. The Bertz CT molecular complexity index is 404. The summed E-state index contributed by atoms with van der Waals surface area (Å²) in [5.41, 5.74) is 0.312. The van der Waals surface area contributed by atoms with E-state index in [-0.39, 0.29) is 6.10 Å². The van der Waals surface area contributed by atoms with E-state index in [0.717, 1.165) is 25.9 Å². The molecule has 0 aromatic heterocycles. The van der Waals surface area contributed by atoms with Gasteiger partial charge in [-0.15, -0.1) is 0 Å². The molecule has 1 saturated heterocycles. The van der Waals surface area contributed by atoms with Crippen LogP contribution in [0.3, 0.4) is 0 Å². The Morgan fingerprint density at radius 2 is 2.26 bits per heavy atom. The highest BCUT2D eigenvalue weighted by atomic mass is 16.5. The highest BCUT2D eigenvalue weighted by Gasteiger charge is 2.19. The van der Waals surface area contributed by atoms with E-state index in [1.165, 1.54) is 7.11 Å². The van der Waals surface area contributed by atoms with Gasteiger partial charge in [0.05, 0.1) is 19.8 Å². The summed E-state index contributed by atoms with van der Waals surface area (Å²) in [5, 5.41) is 18.7. The lowest BCUT2D eigenvalue weighted by Crippen LogP contribution is -2.31. The number of ether oxygens (including phenoxy) is 3. The zero-order valence-corrected chi connectivity index (χ0v) is 11.0. The molecular formula is C13H19BO5. The summed E-state index contributed by atoms with van der Waals surface area (Å²) in [4.78, 5) is 0. The molecule has 0 amide bonds. The molecule has 0 radical (unpaired) electrons. The molecule has 0 aliphatic carbocycles. The quantitative estimate of drug-likeness (QED) is 0.726. The van der Waals surface area contributed by atoms with E-state index >= 15 is 0 Å². The van der Waals surface area contributed by atoms with Crippen LogP contribution in [0.1, 0.15) is 19.3 Å². The molecule has 1 heterocycles. The normalized spacial score (nSPS) is 18.4. The van der Waals surface area contributed by atoms with E-state index in [9.17, 15) is 10.0 Å². The average Bonchev–Trinajstić information content (AvgIpc) is 2.92. The average molecular weight is 266 g/mol. The van der Waals surface area contributed by atoms with Crippen molar-refractivity contribution in [2.24, 2.45) is 0 Å². The standard InChI is InChI=1S/C13H19BO5/c1-17-11-4-5-13(12(9-11)14(15)16)19-8-6-10-3-2-7-18-10/h4-5,9-10,15-16H,2-3,6-8H2,1H3. The fourth-order valence-electron chi connectivity index (χ4n) is 2.16. The van der Waals surface area contributed by atoms with Crippen molar-refractivity contribution in [1.82, 2.24) is 0 Å². The Labute approximate surface area is 113 Å². The van der Waals surface area contributed by atoms with Gasteiger partial charge in [-0.05, 0) is 31.0 Å². The summed E-state index contributed by atoms with van der Waals surface area (Å²) in [6, 6.07) is 4.97. The van der Waals surface area contributed by atoms with Crippen LogP contribution in [-0.2, 0) is 4.74 Å². The van der Waals surface area contributed by atoms with Gasteiger partial charge in [0, 0.05) is 18.5 Å². The second kappa shape index (κ2) is 6.79. The number of hydrogen-bond donors (Lipinski definition) is 2. The van der Waals surface area contributed by atoms with Crippen LogP contribution in [0.25, 0.3) is 0 Å². The van der Waals surface area contributed by atoms with Crippen LogP contribution >= 0.6 is 0 Å². The lowest BCUT2D eigenvalue weighted by Gasteiger charge is -2.14. The van der Waals surface area contributed by atoms with E-state index in [4.69, 9.17) is 14.2 Å². The molecule has 1 aromatic carbocycles. The Balaban J connectivity index is 1.94. The maximum absolute atomic E-state index is 9.33. The smallest absolute Gasteiger partial charge is 0.492 e. The maximum Gasteiger partial charge on any atom is 0.492 e. The molecule has 1 atom stereocenters. The summed E-state index contributed by atoms with van der Waals surface area (Å²) in [5.74, 6) is 1.03. The van der Waals surface area contributed by atoms with Gasteiger partial charge in [-0.25, -0.2) is 0 Å². The van der Waals surface area contributed by atoms with Crippen molar-refractivity contribution in [1.29, 1.82) is 0 Å². The fourth-order valence-corrected chi connectivity index (χ4v) is 2.16. The van der Waals surface area contributed by atoms with Crippen LogP contribution < -0.4 is 14.9 Å². The van der Waals surface area contributed by atoms with E-state index in [2.05, 4.69) is 0 Å². The monoisotopic (exact) mass is 266 g/mol. The lowest BCUT2D eigenvalue weighted by molar-refractivity contribution is 0.0904. The minimum Gasteiger partial charge on any atom is -0.497 e. The first kappa shape index (κ1) is 14.2. The topological polar surface area (TPSA) is 68.2 Å². The summed E-state index contributed by atoms with van der Waals surface area (Å²) in [6.07, 6.45) is 3.25. The number of rotatable bonds is 6. The van der Waals surface area contributed by atoms with Gasteiger partial charge < -0.3 is 24.3 Å². The molecule has 0 saturated carbocycles. The molecule has 1 fully saturated rings. The van der Waals surface area contributed by atoms with Crippen molar-refractivity contribution in [3.05, 3.63) is 18.2 Å². The summed E-state index contributed by atoms with van der Waals surface area (Å²) < 4.78 is 16.2. The highest BCUT2D eigenvalue weighted by molar-refractivity contribution is 6.59. The highest BCUT2D eigenvalue weighted by Crippen LogP contribution is 2.18. The SMILES string of the molecule is COc1ccc(OCCC2CCCO2)c(B(O)O)c1. The Kier molecular flexibility index (Phi) is 5.07. The van der Waals surface area contributed by atoms with Crippen molar-refractivity contribution in [3.8, 4) is 11.5 Å². The molecule has 104 valence electrons. The van der Waals surface area contributed by atoms with Gasteiger partial charge in [0.1, 0.15) is 11.5 Å². The number of methoxy groups -OCH3 is 1. The van der Waals surface area contributed by atoms with Crippen molar-refractivity contribution in [2.75, 3.05) is 20.3 Å². The zero-order valence-electron chi connectivity index (χ0n) is 11.0. The van der Waals surface area contributed by atoms with E-state index in [1.54, 1.807) is 18.2 Å². The third kappa shape index (κ3) is 3.86. The van der Waals surface area contributed by atoms with Crippen LogP contribution in [0, 0.1) is 0 Å². The minimum atomic E-state index is -1.58. The second-order valence-corrected chi connectivity index (χ2v) is 4.55. The lowest BCUT2D eigenvalue weighted by atomic mass is 9.79. The molecule has 1 aliphatic rings. The van der Waals surface area contributed by atoms with Crippen LogP contribution in [-0.4, -0.2) is 43.6 Å². The molecule has 6 heteroatoms. The summed E-state index contributed by atoms with van der Waals surface area (Å²) in [6.45, 7) is 1.32. The molecule has 1 aromatic rings. The largest absolute Gasteiger partial charge is 0.497 e. The van der Waals surface area contributed by atoms with E-state index in [0.29, 0.717) is 23.6 Å². The number of hydrogen-bond acceptors (Lipinski definition) is 5. The first-order valence-electron chi connectivity index (χ1n) is 6.49. The summed E-state index contributed by atoms with van der Waals surface area (Å²) >= 11 is 0. The van der Waals surface area contributed by atoms with Crippen molar-refractivity contribution < 1.29 is 24.3 Å². The predicted molar refractivity (Wildman–Crippen MR) is 71.9 cm³/mol. The first-order valence-corrected chi connectivity index (χ1v) is 6.49. The van der Waals surface area contributed by atoms with Gasteiger partial charge >= 0.3 is 7.12 Å². The molecule has 2 N–H and O–H groups in total. The Morgan fingerprint density at radius 1 is 1.42 bits per heavy atom. The van der Waals surface area contributed by atoms with Gasteiger partial charge in [0.2, 0.25) is 0 Å². The second-order valence-electron chi connectivity index (χ2n) is 4.55. The third-order valence-electron chi connectivity index (χ3n) is 3.22. The van der Waals surface area contributed by atoms with Crippen molar-refractivity contribution in [3.63, 3.8) is 0 Å². The molecule has 1 aliphatic heterocycles. The van der Waals surface area contributed by atoms with Gasteiger partial charge in [-0.2, -0.15) is 0 Å². The molecular weight excluding hydrogens is 247 g/mol. The molecule has 0 spiro atoms. The van der Waals surface area contributed by atoms with Gasteiger partial charge in [0.25, 0.3) is 0 Å². The van der Waals surface area contributed by atoms with Crippen molar-refractivity contribution in [2.45, 2.75) is 25.4 Å². The van der Waals surface area contributed by atoms with E-state index < -0.39 is 7.12 Å². The van der Waals surface area contributed by atoms with Crippen LogP contribution in [0.2, 0.25) is 0 Å². The van der Waals surface area contributed by atoms with E-state index in [1.807, 2.05) is 0 Å². The van der Waals surface area contributed by atoms with Gasteiger partial charge in [-0.3, -0.25) is 0 Å². The third-order valence-corrected chi connectivity index (χ3v) is 3.22. The predicted octanol–water partition coefficient (Wildman–Crippen LogP) is 0.323. The zero-order chi connectivity index (χ0) is 13.7. The molecule has 2 rings (SSSR count). The molecule has 1 unspecified atom stereocenters. The maximum atomic E-state index is 9.33. The molecule has 0 bridgehead atoms. The van der Waals surface area contributed by atoms with Crippen molar-refractivity contribution >= 4 is 12.6 Å². The van der Waals surface area contributed by atoms with Gasteiger partial charge in [-0.1, -0.05) is 0 Å². The minimum absolute atomic E-state index is 0.265. The number of benzene rings is 1.